The minimum absolute atomic E-state index is 0.103. The lowest BCUT2D eigenvalue weighted by molar-refractivity contribution is -0.0450. The molecule has 1 aliphatic heterocycles. The maximum absolute atomic E-state index is 13.1. The molecular formula is C26H41N5O6S. The van der Waals surface area contributed by atoms with Crippen molar-refractivity contribution in [1.29, 1.82) is 0 Å². The van der Waals surface area contributed by atoms with Gasteiger partial charge in [-0.2, -0.15) is 0 Å². The zero-order valence-corrected chi connectivity index (χ0v) is 24.2. The summed E-state index contributed by atoms with van der Waals surface area (Å²) in [4.78, 5) is 30.1. The fraction of sp³-hybridized carbons (Fsp3) is 0.615. The number of anilines is 1. The van der Waals surface area contributed by atoms with Crippen LogP contribution in [0.15, 0.2) is 44.8 Å². The van der Waals surface area contributed by atoms with Crippen molar-refractivity contribution in [1.82, 2.24) is 18.8 Å². The van der Waals surface area contributed by atoms with Crippen molar-refractivity contribution in [3.8, 4) is 5.75 Å². The monoisotopic (exact) mass is 551 g/mol. The SMILES string of the molecule is CNS(=O)(=O)c1ccc(OC(C)(C)C(O)CN2CCN(c3cc(=O)n(C(C)C)c(=O)n3C(C)C)CC2)cc1. The van der Waals surface area contributed by atoms with E-state index < -0.39 is 21.7 Å². The number of benzene rings is 1. The molecule has 38 heavy (non-hydrogen) atoms. The Kier molecular flexibility index (Phi) is 9.12. The predicted molar refractivity (Wildman–Crippen MR) is 148 cm³/mol. The lowest BCUT2D eigenvalue weighted by Crippen LogP contribution is -2.54. The van der Waals surface area contributed by atoms with Gasteiger partial charge in [-0.05, 0) is 72.9 Å². The zero-order valence-electron chi connectivity index (χ0n) is 23.3. The number of nitrogens with zero attached hydrogens (tertiary/aromatic N) is 4. The molecule has 3 rings (SSSR count). The molecule has 0 amide bonds. The lowest BCUT2D eigenvalue weighted by atomic mass is 10.0. The Morgan fingerprint density at radius 3 is 2.03 bits per heavy atom. The predicted octanol–water partition coefficient (Wildman–Crippen LogP) is 1.42. The van der Waals surface area contributed by atoms with Gasteiger partial charge < -0.3 is 14.7 Å². The molecule has 1 aromatic heterocycles. The van der Waals surface area contributed by atoms with E-state index in [0.29, 0.717) is 44.3 Å². The second-order valence-electron chi connectivity index (χ2n) is 10.7. The van der Waals surface area contributed by atoms with Gasteiger partial charge in [0, 0.05) is 50.9 Å². The Morgan fingerprint density at radius 2 is 1.53 bits per heavy atom. The van der Waals surface area contributed by atoms with Gasteiger partial charge in [0.2, 0.25) is 10.0 Å². The number of ether oxygens (including phenoxy) is 1. The van der Waals surface area contributed by atoms with Gasteiger partial charge in [-0.3, -0.25) is 18.8 Å². The maximum Gasteiger partial charge on any atom is 0.333 e. The summed E-state index contributed by atoms with van der Waals surface area (Å²) in [5, 5.41) is 11.0. The van der Waals surface area contributed by atoms with Gasteiger partial charge in [0.15, 0.2) is 0 Å². The molecule has 12 heteroatoms. The maximum atomic E-state index is 13.1. The smallest absolute Gasteiger partial charge is 0.333 e. The van der Waals surface area contributed by atoms with Crippen molar-refractivity contribution in [3.05, 3.63) is 51.2 Å². The number of piperazine rings is 1. The van der Waals surface area contributed by atoms with Gasteiger partial charge in [0.25, 0.3) is 5.56 Å². The molecule has 0 saturated carbocycles. The normalized spacial score (nSPS) is 16.3. The van der Waals surface area contributed by atoms with Crippen LogP contribution in [0.5, 0.6) is 5.75 Å². The fourth-order valence-electron chi connectivity index (χ4n) is 4.56. The Balaban J connectivity index is 1.66. The van der Waals surface area contributed by atoms with Crippen LogP contribution in [0, 0.1) is 0 Å². The third-order valence-corrected chi connectivity index (χ3v) is 8.33. The van der Waals surface area contributed by atoms with Crippen molar-refractivity contribution in [2.75, 3.05) is 44.7 Å². The Morgan fingerprint density at radius 1 is 0.974 bits per heavy atom. The highest BCUT2D eigenvalue weighted by atomic mass is 32.2. The minimum Gasteiger partial charge on any atom is -0.485 e. The fourth-order valence-corrected chi connectivity index (χ4v) is 5.29. The Bertz CT molecular complexity index is 1320. The van der Waals surface area contributed by atoms with Gasteiger partial charge in [0.05, 0.1) is 4.90 Å². The molecule has 0 aliphatic carbocycles. The summed E-state index contributed by atoms with van der Waals surface area (Å²) in [6.45, 7) is 14.0. The highest BCUT2D eigenvalue weighted by molar-refractivity contribution is 7.89. The van der Waals surface area contributed by atoms with E-state index in [1.54, 1.807) is 36.6 Å². The molecule has 2 aromatic rings. The van der Waals surface area contributed by atoms with Crippen molar-refractivity contribution in [3.63, 3.8) is 0 Å². The average Bonchev–Trinajstić information content (AvgIpc) is 2.83. The highest BCUT2D eigenvalue weighted by Gasteiger charge is 2.33. The summed E-state index contributed by atoms with van der Waals surface area (Å²) in [6.07, 6.45) is -0.821. The number of sulfonamides is 1. The number of rotatable bonds is 10. The van der Waals surface area contributed by atoms with Crippen molar-refractivity contribution < 1.29 is 18.3 Å². The summed E-state index contributed by atoms with van der Waals surface area (Å²) in [6, 6.07) is 7.27. The largest absolute Gasteiger partial charge is 0.485 e. The number of aliphatic hydroxyl groups excluding tert-OH is 1. The second kappa shape index (κ2) is 11.6. The van der Waals surface area contributed by atoms with Crippen molar-refractivity contribution >= 4 is 15.8 Å². The Hall–Kier alpha value is -2.67. The number of aliphatic hydroxyl groups is 1. The van der Waals surface area contributed by atoms with Crippen LogP contribution < -0.4 is 25.6 Å². The van der Waals surface area contributed by atoms with E-state index in [0.717, 1.165) is 0 Å². The molecule has 1 aliphatic rings. The molecule has 1 atom stereocenters. The standard InChI is InChI=1S/C26H41N5O6S/c1-18(2)30-23(16-24(33)31(19(3)4)25(30)34)29-14-12-28(13-15-29)17-22(32)26(5,6)37-20-8-10-21(11-9-20)38(35,36)27-7/h8-11,16,18-19,22,27,32H,12-15,17H2,1-7H3. The van der Waals surface area contributed by atoms with Gasteiger partial charge >= 0.3 is 5.69 Å². The first-order valence-electron chi connectivity index (χ1n) is 12.9. The first-order valence-corrected chi connectivity index (χ1v) is 14.4. The van der Waals surface area contributed by atoms with E-state index in [1.165, 1.54) is 23.7 Å². The van der Waals surface area contributed by atoms with Crippen LogP contribution in [0.25, 0.3) is 0 Å². The molecule has 11 nitrogen and oxygen atoms in total. The summed E-state index contributed by atoms with van der Waals surface area (Å²) in [5.74, 6) is 1.08. The summed E-state index contributed by atoms with van der Waals surface area (Å²) >= 11 is 0. The first kappa shape index (κ1) is 29.9. The third-order valence-electron chi connectivity index (χ3n) is 6.90. The van der Waals surface area contributed by atoms with Crippen LogP contribution in [0.1, 0.15) is 53.6 Å². The molecule has 1 saturated heterocycles. The average molecular weight is 552 g/mol. The van der Waals surface area contributed by atoms with Crippen LogP contribution >= 0.6 is 0 Å². The molecule has 1 aromatic carbocycles. The van der Waals surface area contributed by atoms with Crippen LogP contribution in [0.3, 0.4) is 0 Å². The molecule has 1 unspecified atom stereocenters. The van der Waals surface area contributed by atoms with E-state index in [9.17, 15) is 23.1 Å². The van der Waals surface area contributed by atoms with Crippen molar-refractivity contribution in [2.45, 2.75) is 70.2 Å². The number of nitrogens with one attached hydrogen (secondary N) is 1. The number of hydrogen-bond donors (Lipinski definition) is 2. The van der Waals surface area contributed by atoms with Crippen LogP contribution in [-0.2, 0) is 10.0 Å². The molecule has 1 fully saturated rings. The summed E-state index contributed by atoms with van der Waals surface area (Å²) in [5.41, 5.74) is -1.53. The minimum atomic E-state index is -3.54. The van der Waals surface area contributed by atoms with Gasteiger partial charge in [-0.15, -0.1) is 0 Å². The molecule has 0 radical (unpaired) electrons. The highest BCUT2D eigenvalue weighted by Crippen LogP contribution is 2.24. The second-order valence-corrected chi connectivity index (χ2v) is 12.6. The summed E-state index contributed by atoms with van der Waals surface area (Å²) in [7, 11) is -2.19. The van der Waals surface area contributed by atoms with Gasteiger partial charge in [-0.25, -0.2) is 17.9 Å². The molecule has 0 bridgehead atoms. The van der Waals surface area contributed by atoms with Crippen LogP contribution in [-0.4, -0.2) is 79.0 Å². The van der Waals surface area contributed by atoms with Crippen LogP contribution in [0.2, 0.25) is 0 Å². The Labute approximate surface area is 224 Å². The van der Waals surface area contributed by atoms with E-state index in [1.807, 2.05) is 27.7 Å². The lowest BCUT2D eigenvalue weighted by Gasteiger charge is -2.40. The molecular weight excluding hydrogens is 510 g/mol. The third kappa shape index (κ3) is 6.48. The van der Waals surface area contributed by atoms with Crippen LogP contribution in [0.4, 0.5) is 5.82 Å². The number of aromatic nitrogens is 2. The summed E-state index contributed by atoms with van der Waals surface area (Å²) < 4.78 is 35.1. The van der Waals surface area contributed by atoms with Gasteiger partial charge in [-0.1, -0.05) is 0 Å². The first-order chi connectivity index (χ1) is 17.7. The number of hydrogen-bond acceptors (Lipinski definition) is 8. The van der Waals surface area contributed by atoms with Gasteiger partial charge in [0.1, 0.15) is 23.3 Å². The number of β-amino-alcohol motifs (C(OH)–C–C–N with tert-alkyl or cyclic N) is 1. The quantitative estimate of drug-likeness (QED) is 0.454. The van der Waals surface area contributed by atoms with E-state index in [-0.39, 0.29) is 28.2 Å². The molecule has 2 N–H and O–H groups in total. The zero-order chi connectivity index (χ0) is 28.4. The molecule has 0 spiro atoms. The molecule has 212 valence electrons. The van der Waals surface area contributed by atoms with E-state index >= 15 is 0 Å². The topological polar surface area (TPSA) is 126 Å². The van der Waals surface area contributed by atoms with Crippen molar-refractivity contribution in [2.24, 2.45) is 0 Å². The molecule has 2 heterocycles. The van der Waals surface area contributed by atoms with E-state index in [2.05, 4.69) is 14.5 Å². The van der Waals surface area contributed by atoms with E-state index in [4.69, 9.17) is 4.74 Å².